The number of hydrogen-bond donors (Lipinski definition) is 0. The molecule has 0 bridgehead atoms. The molecule has 0 atom stereocenters. The van der Waals surface area contributed by atoms with Crippen molar-refractivity contribution in [2.75, 3.05) is 5.75 Å². The molecule has 0 aromatic carbocycles. The van der Waals surface area contributed by atoms with Gasteiger partial charge in [-0.25, -0.2) is 0 Å². The summed E-state index contributed by atoms with van der Waals surface area (Å²) >= 11 is 1.11. The van der Waals surface area contributed by atoms with Crippen LogP contribution in [0.1, 0.15) is 20.3 Å². The van der Waals surface area contributed by atoms with Crippen LogP contribution in [0.2, 0.25) is 0 Å². The fourth-order valence-corrected chi connectivity index (χ4v) is 0.977. The molecule has 0 aliphatic carbocycles. The van der Waals surface area contributed by atoms with Crippen molar-refractivity contribution in [2.24, 2.45) is 10.5 Å². The molecule has 3 heteroatoms. The Bertz CT molecular complexity index is 65.4. The van der Waals surface area contributed by atoms with Gasteiger partial charge in [0.25, 0.3) is 0 Å². The van der Waals surface area contributed by atoms with Gasteiger partial charge < -0.3 is 0 Å². The Labute approximate surface area is 54.2 Å². The van der Waals surface area contributed by atoms with E-state index in [2.05, 4.69) is 18.4 Å². The van der Waals surface area contributed by atoms with Crippen LogP contribution in [-0.2, 0) is 0 Å². The molecule has 0 rings (SSSR count). The fraction of sp³-hybridized carbons (Fsp3) is 1.00. The maximum Gasteiger partial charge on any atom is 0.0203 e. The molecule has 0 saturated heterocycles. The summed E-state index contributed by atoms with van der Waals surface area (Å²) in [5, 5.41) is 0. The molecule has 48 valence electrons. The van der Waals surface area contributed by atoms with Gasteiger partial charge in [0.05, 0.1) is 0 Å². The lowest BCUT2D eigenvalue weighted by Gasteiger charge is -1.97. The maximum atomic E-state index is 9.50. The summed E-state index contributed by atoms with van der Waals surface area (Å²) in [6, 6.07) is 0. The summed E-state index contributed by atoms with van der Waals surface area (Å²) in [4.78, 5) is 9.50. The van der Waals surface area contributed by atoms with Crippen LogP contribution in [-0.4, -0.2) is 5.75 Å². The standard InChI is InChI=1S/C5H11NOS/c1-5(2)3-4-8-6-7/h5H,3-4H2,1-2H3. The highest BCUT2D eigenvalue weighted by molar-refractivity contribution is 7.97. The summed E-state index contributed by atoms with van der Waals surface area (Å²) in [6.07, 6.45) is 1.08. The first-order valence-electron chi connectivity index (χ1n) is 2.72. The Kier molecular flexibility index (Phi) is 5.06. The zero-order valence-electron chi connectivity index (χ0n) is 5.26. The van der Waals surface area contributed by atoms with E-state index in [0.717, 1.165) is 24.1 Å². The van der Waals surface area contributed by atoms with Crippen LogP contribution in [0.5, 0.6) is 0 Å². The van der Waals surface area contributed by atoms with Crippen LogP contribution in [0, 0.1) is 10.8 Å². The molecule has 0 N–H and O–H groups in total. The minimum Gasteiger partial charge on any atom is -0.137 e. The van der Waals surface area contributed by atoms with E-state index in [1.165, 1.54) is 0 Å². The van der Waals surface area contributed by atoms with Gasteiger partial charge in [0, 0.05) is 22.3 Å². The van der Waals surface area contributed by atoms with Crippen molar-refractivity contribution in [3.05, 3.63) is 4.91 Å². The predicted molar refractivity (Wildman–Crippen MR) is 37.7 cm³/mol. The van der Waals surface area contributed by atoms with Crippen LogP contribution >= 0.6 is 11.9 Å². The highest BCUT2D eigenvalue weighted by Crippen LogP contribution is 2.07. The Balaban J connectivity index is 2.81. The molecule has 0 aliphatic heterocycles. The summed E-state index contributed by atoms with van der Waals surface area (Å²) in [7, 11) is 0. The minimum absolute atomic E-state index is 0.684. The second-order valence-electron chi connectivity index (χ2n) is 2.09. The molecular formula is C5H11NOS. The van der Waals surface area contributed by atoms with Gasteiger partial charge in [-0.1, -0.05) is 13.8 Å². The van der Waals surface area contributed by atoms with E-state index in [9.17, 15) is 4.91 Å². The van der Waals surface area contributed by atoms with E-state index in [4.69, 9.17) is 0 Å². The van der Waals surface area contributed by atoms with Crippen LogP contribution in [0.4, 0.5) is 0 Å². The van der Waals surface area contributed by atoms with Crippen LogP contribution < -0.4 is 0 Å². The van der Waals surface area contributed by atoms with E-state index in [0.29, 0.717) is 5.92 Å². The van der Waals surface area contributed by atoms with Crippen molar-refractivity contribution < 1.29 is 0 Å². The van der Waals surface area contributed by atoms with Crippen molar-refractivity contribution in [1.82, 2.24) is 0 Å². The maximum absolute atomic E-state index is 9.50. The number of nitroso groups, excluding NO2 is 1. The quantitative estimate of drug-likeness (QED) is 0.335. The molecule has 0 amide bonds. The van der Waals surface area contributed by atoms with Gasteiger partial charge in [0.1, 0.15) is 0 Å². The smallest absolute Gasteiger partial charge is 0.0203 e. The Hall–Kier alpha value is -0.0500. The predicted octanol–water partition coefficient (Wildman–Crippen LogP) is 2.45. The molecule has 8 heavy (non-hydrogen) atoms. The number of nitrogens with zero attached hydrogens (tertiary/aromatic N) is 1. The monoisotopic (exact) mass is 133 g/mol. The van der Waals surface area contributed by atoms with Gasteiger partial charge in [-0.2, -0.15) is 0 Å². The second-order valence-corrected chi connectivity index (χ2v) is 2.91. The van der Waals surface area contributed by atoms with E-state index in [-0.39, 0.29) is 0 Å². The molecule has 0 aromatic rings. The van der Waals surface area contributed by atoms with Gasteiger partial charge in [0.2, 0.25) is 0 Å². The van der Waals surface area contributed by atoms with E-state index >= 15 is 0 Å². The molecule has 0 unspecified atom stereocenters. The zero-order valence-corrected chi connectivity index (χ0v) is 6.07. The largest absolute Gasteiger partial charge is 0.137 e. The van der Waals surface area contributed by atoms with Crippen LogP contribution in [0.15, 0.2) is 4.58 Å². The van der Waals surface area contributed by atoms with Crippen molar-refractivity contribution in [1.29, 1.82) is 0 Å². The van der Waals surface area contributed by atoms with Gasteiger partial charge in [-0.05, 0) is 12.3 Å². The normalized spacial score (nSPS) is 9.88. The molecule has 0 spiro atoms. The average molecular weight is 133 g/mol. The first-order valence-corrected chi connectivity index (χ1v) is 3.66. The van der Waals surface area contributed by atoms with Gasteiger partial charge in [-0.3, -0.25) is 0 Å². The van der Waals surface area contributed by atoms with Gasteiger partial charge in [-0.15, -0.1) is 4.91 Å². The Morgan fingerprint density at radius 1 is 1.62 bits per heavy atom. The highest BCUT2D eigenvalue weighted by Gasteiger charge is 1.92. The summed E-state index contributed by atoms with van der Waals surface area (Å²) in [6.45, 7) is 4.26. The second kappa shape index (κ2) is 5.09. The summed E-state index contributed by atoms with van der Waals surface area (Å²) in [5.41, 5.74) is 0. The first kappa shape index (κ1) is 7.95. The van der Waals surface area contributed by atoms with E-state index in [1.807, 2.05) is 0 Å². The minimum atomic E-state index is 0.684. The molecule has 0 radical (unpaired) electrons. The molecule has 0 saturated carbocycles. The third kappa shape index (κ3) is 5.95. The molecule has 0 heterocycles. The molecule has 2 nitrogen and oxygen atoms in total. The van der Waals surface area contributed by atoms with E-state index < -0.39 is 0 Å². The lowest BCUT2D eigenvalue weighted by atomic mass is 10.2. The van der Waals surface area contributed by atoms with E-state index in [1.54, 1.807) is 0 Å². The van der Waals surface area contributed by atoms with Crippen molar-refractivity contribution in [3.63, 3.8) is 0 Å². The van der Waals surface area contributed by atoms with Crippen LogP contribution in [0.25, 0.3) is 0 Å². The molecule has 0 fully saturated rings. The highest BCUT2D eigenvalue weighted by atomic mass is 32.2. The van der Waals surface area contributed by atoms with Gasteiger partial charge >= 0.3 is 0 Å². The topological polar surface area (TPSA) is 29.4 Å². The lowest BCUT2D eigenvalue weighted by Crippen LogP contribution is -1.87. The van der Waals surface area contributed by atoms with Gasteiger partial charge in [0.15, 0.2) is 0 Å². The summed E-state index contributed by atoms with van der Waals surface area (Å²) < 4.78 is 2.67. The van der Waals surface area contributed by atoms with Crippen molar-refractivity contribution in [3.8, 4) is 0 Å². The SMILES string of the molecule is CC(C)CCSN=O. The van der Waals surface area contributed by atoms with Crippen molar-refractivity contribution >= 4 is 11.9 Å². The number of hydrogen-bond acceptors (Lipinski definition) is 3. The third-order valence-corrected chi connectivity index (χ3v) is 1.36. The summed E-state index contributed by atoms with van der Waals surface area (Å²) in [5.74, 6) is 1.55. The molecule has 0 aromatic heterocycles. The first-order chi connectivity index (χ1) is 3.77. The average Bonchev–Trinajstić information content (AvgIpc) is 1.66. The Morgan fingerprint density at radius 3 is 2.62 bits per heavy atom. The lowest BCUT2D eigenvalue weighted by molar-refractivity contribution is 0.632. The van der Waals surface area contributed by atoms with Crippen LogP contribution in [0.3, 0.4) is 0 Å². The Morgan fingerprint density at radius 2 is 2.25 bits per heavy atom. The number of rotatable bonds is 4. The van der Waals surface area contributed by atoms with Crippen molar-refractivity contribution in [2.45, 2.75) is 20.3 Å². The molecule has 0 aliphatic rings. The molecular weight excluding hydrogens is 122 g/mol. The fourth-order valence-electron chi connectivity index (χ4n) is 0.326. The third-order valence-electron chi connectivity index (χ3n) is 0.839. The zero-order chi connectivity index (χ0) is 6.41.